The average Bonchev–Trinajstić information content (AvgIpc) is 4.14. The third-order valence-electron chi connectivity index (χ3n) is 14.2. The predicted octanol–water partition coefficient (Wildman–Crippen LogP) is 11.1. The number of nitrogens with one attached hydrogen (secondary N) is 3. The number of benzene rings is 6. The summed E-state index contributed by atoms with van der Waals surface area (Å²) in [6.45, 7) is 8.47. The van der Waals surface area contributed by atoms with Crippen LogP contribution in [0.1, 0.15) is 134 Å². The number of carbonyl (C=O) groups excluding carboxylic acids is 2. The van der Waals surface area contributed by atoms with Gasteiger partial charge in [0, 0.05) is 47.7 Å². The lowest BCUT2D eigenvalue weighted by atomic mass is 9.84. The molecular formula is C59H51F2N7O4. The van der Waals surface area contributed by atoms with Gasteiger partial charge in [0.15, 0.2) is 0 Å². The van der Waals surface area contributed by atoms with E-state index in [1.807, 2.05) is 113 Å². The molecule has 4 aliphatic rings. The van der Waals surface area contributed by atoms with Crippen LogP contribution in [0.5, 0.6) is 0 Å². The zero-order valence-corrected chi connectivity index (χ0v) is 40.1. The number of aryl methyl sites for hydroxylation is 4. The zero-order valence-electron chi connectivity index (χ0n) is 40.1. The van der Waals surface area contributed by atoms with Crippen molar-refractivity contribution in [1.82, 2.24) is 20.6 Å². The first kappa shape index (κ1) is 46.1. The fourth-order valence-electron chi connectivity index (χ4n) is 10.6. The van der Waals surface area contributed by atoms with Crippen molar-refractivity contribution in [3.63, 3.8) is 0 Å². The molecular weight excluding hydrogens is 909 g/mol. The minimum Gasteiger partial charge on any atom is -0.384 e. The van der Waals surface area contributed by atoms with E-state index in [0.717, 1.165) is 89.4 Å². The molecule has 8 aromatic rings. The topological polar surface area (TPSA) is 167 Å². The van der Waals surface area contributed by atoms with E-state index in [1.165, 1.54) is 12.1 Å². The number of anilines is 4. The van der Waals surface area contributed by atoms with Gasteiger partial charge in [0.2, 0.25) is 0 Å². The molecule has 0 saturated heterocycles. The van der Waals surface area contributed by atoms with E-state index in [4.69, 9.17) is 20.9 Å². The lowest BCUT2D eigenvalue weighted by Gasteiger charge is -2.18. The highest BCUT2D eigenvalue weighted by atomic mass is 19.1. The summed E-state index contributed by atoms with van der Waals surface area (Å²) in [6, 6.07) is 40.8. The maximum atomic E-state index is 14.1. The van der Waals surface area contributed by atoms with Gasteiger partial charge < -0.3 is 36.9 Å². The van der Waals surface area contributed by atoms with Crippen LogP contribution in [0.4, 0.5) is 31.8 Å². The minimum absolute atomic E-state index is 0.142. The Balaban J connectivity index is 0.000000156. The third-order valence-corrected chi connectivity index (χ3v) is 14.2. The highest BCUT2D eigenvalue weighted by molar-refractivity contribution is 5.95. The quantitative estimate of drug-likeness (QED) is 0.0896. The maximum absolute atomic E-state index is 14.1. The summed E-state index contributed by atoms with van der Waals surface area (Å²) >= 11 is 0. The number of amides is 2. The number of hydrogen-bond donors (Lipinski definition) is 5. The number of nitrogens with two attached hydrogens (primary N) is 2. The van der Waals surface area contributed by atoms with Crippen LogP contribution in [0.3, 0.4) is 0 Å². The molecule has 2 aromatic heterocycles. The second-order valence-corrected chi connectivity index (χ2v) is 18.9. The Bertz CT molecular complexity index is 3480. The molecule has 13 heteroatoms. The molecule has 0 radical (unpaired) electrons. The number of para-hydroxylation sites is 1. The Morgan fingerprint density at radius 2 is 0.986 bits per heavy atom. The highest BCUT2D eigenvalue weighted by Gasteiger charge is 2.44. The Kier molecular flexibility index (Phi) is 11.8. The molecule has 12 rings (SSSR count). The summed E-state index contributed by atoms with van der Waals surface area (Å²) in [5.74, 6) is 0.152. The Hall–Kier alpha value is -8.26. The molecule has 11 nitrogen and oxygen atoms in total. The Labute approximate surface area is 415 Å². The van der Waals surface area contributed by atoms with Crippen molar-refractivity contribution in [2.24, 2.45) is 0 Å². The molecule has 4 atom stereocenters. The van der Waals surface area contributed by atoms with Crippen molar-refractivity contribution in [2.45, 2.75) is 71.6 Å². The van der Waals surface area contributed by atoms with Crippen LogP contribution in [0.25, 0.3) is 0 Å². The number of fused-ring (bicyclic) bond motifs is 16. The summed E-state index contributed by atoms with van der Waals surface area (Å²) in [6.07, 6.45) is -0.247. The number of nitrogens with zero attached hydrogens (tertiary/aromatic N) is 2. The number of nitrogen functional groups attached to an aromatic ring is 2. The SMILES string of the molecule is Cc1cc(N)nc(C)c1CNC(=O)c1ccc2c(c1)C1OC2c2cc(Cc3ccccc3F)ccc21.Cc1cc(N)nc(C)c1CNC(=O)c1ccc2c(c1)C1OC2c2ccc(Nc3ccccc3F)cc21. The standard InChI is InChI=1S/C30H26FN3O2.C29H25FN4O2/c1-16-11-27(32)34-17(2)25(16)15-33-30(35)20-8-10-22-24(14-20)29-21-9-7-18(13-23(21)28(22)36-29)12-19-5-3-4-6-26(19)31;1-15-11-26(31)33-16(2)23(15)14-32-29(35)17-7-9-19-21(12-17)28-22-13-18(8-10-20(22)27(19)36-28)34-25-6-4-3-5-24(25)30/h3-11,13-14,28-29H,12,15H2,1-2H3,(H2,32,34)(H,33,35);3-13,27-28,34H,14H2,1-2H3,(H2,31,33)(H,32,35). The fourth-order valence-corrected chi connectivity index (χ4v) is 10.6. The van der Waals surface area contributed by atoms with Crippen LogP contribution in [-0.2, 0) is 29.0 Å². The van der Waals surface area contributed by atoms with E-state index in [1.54, 1.807) is 24.3 Å². The number of pyridine rings is 2. The summed E-state index contributed by atoms with van der Waals surface area (Å²) in [4.78, 5) is 34.6. The van der Waals surface area contributed by atoms with Crippen LogP contribution in [0.2, 0.25) is 0 Å². The molecule has 0 spiro atoms. The normalized spacial score (nSPS) is 17.0. The lowest BCUT2D eigenvalue weighted by molar-refractivity contribution is 0.0855. The monoisotopic (exact) mass is 959 g/mol. The lowest BCUT2D eigenvalue weighted by Crippen LogP contribution is -2.24. The number of aromatic nitrogens is 2. The molecule has 4 unspecified atom stereocenters. The maximum Gasteiger partial charge on any atom is 0.251 e. The van der Waals surface area contributed by atoms with Gasteiger partial charge in [-0.05, 0) is 172 Å². The van der Waals surface area contributed by atoms with Crippen LogP contribution < -0.4 is 27.4 Å². The van der Waals surface area contributed by atoms with Gasteiger partial charge in [0.25, 0.3) is 11.8 Å². The molecule has 0 aliphatic carbocycles. The number of halogens is 2. The molecule has 4 aliphatic heterocycles. The van der Waals surface area contributed by atoms with Gasteiger partial charge in [-0.15, -0.1) is 0 Å². The number of rotatable bonds is 10. The molecule has 6 aromatic carbocycles. The van der Waals surface area contributed by atoms with E-state index < -0.39 is 0 Å². The molecule has 2 amide bonds. The predicted molar refractivity (Wildman–Crippen MR) is 273 cm³/mol. The first-order valence-electron chi connectivity index (χ1n) is 23.9. The smallest absolute Gasteiger partial charge is 0.251 e. The van der Waals surface area contributed by atoms with Crippen molar-refractivity contribution < 1.29 is 27.8 Å². The fraction of sp³-hybridized carbons (Fsp3) is 0.186. The van der Waals surface area contributed by atoms with Crippen molar-refractivity contribution in [2.75, 3.05) is 16.8 Å². The third kappa shape index (κ3) is 8.50. The van der Waals surface area contributed by atoms with Gasteiger partial charge in [-0.3, -0.25) is 9.59 Å². The van der Waals surface area contributed by atoms with Gasteiger partial charge in [-0.1, -0.05) is 66.7 Å². The first-order valence-corrected chi connectivity index (χ1v) is 23.9. The number of carbonyl (C=O) groups is 2. The molecule has 4 bridgehead atoms. The van der Waals surface area contributed by atoms with E-state index in [-0.39, 0.29) is 47.9 Å². The Morgan fingerprint density at radius 3 is 1.53 bits per heavy atom. The minimum atomic E-state index is -0.308. The summed E-state index contributed by atoms with van der Waals surface area (Å²) in [5.41, 5.74) is 29.9. The van der Waals surface area contributed by atoms with Gasteiger partial charge in [-0.25, -0.2) is 18.7 Å². The summed E-state index contributed by atoms with van der Waals surface area (Å²) in [7, 11) is 0. The first-order chi connectivity index (χ1) is 34.8. The van der Waals surface area contributed by atoms with Crippen LogP contribution >= 0.6 is 0 Å². The second-order valence-electron chi connectivity index (χ2n) is 18.9. The Morgan fingerprint density at radius 1 is 0.528 bits per heavy atom. The van der Waals surface area contributed by atoms with Crippen molar-refractivity contribution in [1.29, 1.82) is 0 Å². The van der Waals surface area contributed by atoms with Crippen LogP contribution in [-0.4, -0.2) is 21.8 Å². The van der Waals surface area contributed by atoms with Crippen molar-refractivity contribution in [3.05, 3.63) is 245 Å². The average molecular weight is 960 g/mol. The van der Waals surface area contributed by atoms with E-state index in [0.29, 0.717) is 53.5 Å². The van der Waals surface area contributed by atoms with E-state index in [2.05, 4.69) is 38.1 Å². The molecule has 6 heterocycles. The van der Waals surface area contributed by atoms with E-state index >= 15 is 0 Å². The zero-order chi connectivity index (χ0) is 49.9. The van der Waals surface area contributed by atoms with Gasteiger partial charge >= 0.3 is 0 Å². The van der Waals surface area contributed by atoms with Crippen LogP contribution in [0.15, 0.2) is 133 Å². The van der Waals surface area contributed by atoms with Crippen molar-refractivity contribution in [3.8, 4) is 0 Å². The molecule has 360 valence electrons. The summed E-state index contributed by atoms with van der Waals surface area (Å²) in [5, 5.41) is 9.17. The number of ether oxygens (including phenoxy) is 2. The van der Waals surface area contributed by atoms with Gasteiger partial charge in [-0.2, -0.15) is 0 Å². The molecule has 0 fully saturated rings. The van der Waals surface area contributed by atoms with E-state index in [9.17, 15) is 18.4 Å². The van der Waals surface area contributed by atoms with Gasteiger partial charge in [0.05, 0.1) is 5.69 Å². The largest absolute Gasteiger partial charge is 0.384 e. The van der Waals surface area contributed by atoms with Gasteiger partial charge in [0.1, 0.15) is 47.7 Å². The van der Waals surface area contributed by atoms with Crippen LogP contribution in [0, 0.1) is 39.3 Å². The molecule has 7 N–H and O–H groups in total. The second kappa shape index (κ2) is 18.5. The number of hydrogen-bond acceptors (Lipinski definition) is 9. The summed E-state index contributed by atoms with van der Waals surface area (Å²) < 4.78 is 40.9. The highest BCUT2D eigenvalue weighted by Crippen LogP contribution is 2.56. The molecule has 0 saturated carbocycles. The molecule has 72 heavy (non-hydrogen) atoms. The van der Waals surface area contributed by atoms with Crippen molar-refractivity contribution >= 4 is 34.8 Å².